The molecular formula is C14H10FIN2O2S. The van der Waals surface area contributed by atoms with E-state index in [9.17, 15) is 12.8 Å². The standard InChI is InChI=1S/C14H10FIN2O2S/c1-9-7-8-11-12(13(9)16)14(15)17-18(11)21(19,20)10-5-3-2-4-6-10/h2-8H,1H3. The third-order valence-corrected chi connectivity index (χ3v) is 6.16. The summed E-state index contributed by atoms with van der Waals surface area (Å²) in [5, 5.41) is 3.83. The van der Waals surface area contributed by atoms with E-state index >= 15 is 0 Å². The van der Waals surface area contributed by atoms with Crippen molar-refractivity contribution in [3.8, 4) is 0 Å². The number of fused-ring (bicyclic) bond motifs is 1. The minimum atomic E-state index is -3.91. The maximum absolute atomic E-state index is 14.1. The molecule has 0 atom stereocenters. The fraction of sp³-hybridized carbons (Fsp3) is 0.0714. The number of aryl methyl sites for hydroxylation is 1. The number of hydrogen-bond donors (Lipinski definition) is 0. The maximum Gasteiger partial charge on any atom is 0.283 e. The molecular weight excluding hydrogens is 406 g/mol. The van der Waals surface area contributed by atoms with Crippen molar-refractivity contribution in [1.29, 1.82) is 0 Å². The Morgan fingerprint density at radius 1 is 1.14 bits per heavy atom. The third-order valence-electron chi connectivity index (χ3n) is 3.17. The van der Waals surface area contributed by atoms with E-state index < -0.39 is 16.0 Å². The lowest BCUT2D eigenvalue weighted by Crippen LogP contribution is -2.14. The van der Waals surface area contributed by atoms with Crippen LogP contribution in [0.5, 0.6) is 0 Å². The van der Waals surface area contributed by atoms with E-state index in [4.69, 9.17) is 0 Å². The van der Waals surface area contributed by atoms with Crippen LogP contribution in [0.2, 0.25) is 0 Å². The second-order valence-electron chi connectivity index (χ2n) is 4.54. The van der Waals surface area contributed by atoms with E-state index in [1.54, 1.807) is 30.3 Å². The second kappa shape index (κ2) is 5.06. The van der Waals surface area contributed by atoms with Gasteiger partial charge in [-0.05, 0) is 53.3 Å². The molecule has 21 heavy (non-hydrogen) atoms. The lowest BCUT2D eigenvalue weighted by molar-refractivity contribution is 0.555. The van der Waals surface area contributed by atoms with Crippen LogP contribution in [-0.4, -0.2) is 17.6 Å². The number of halogens is 2. The van der Waals surface area contributed by atoms with Crippen LogP contribution in [0.3, 0.4) is 0 Å². The Hall–Kier alpha value is -1.48. The van der Waals surface area contributed by atoms with E-state index in [1.807, 2.05) is 29.5 Å². The molecule has 0 saturated carbocycles. The minimum Gasteiger partial charge on any atom is -0.199 e. The normalized spacial score (nSPS) is 12.0. The van der Waals surface area contributed by atoms with E-state index in [0.717, 1.165) is 9.65 Å². The highest BCUT2D eigenvalue weighted by molar-refractivity contribution is 14.1. The minimum absolute atomic E-state index is 0.0741. The van der Waals surface area contributed by atoms with Gasteiger partial charge in [0.1, 0.15) is 0 Å². The van der Waals surface area contributed by atoms with Crippen LogP contribution in [0, 0.1) is 16.4 Å². The molecule has 1 heterocycles. The van der Waals surface area contributed by atoms with Gasteiger partial charge >= 0.3 is 0 Å². The first-order valence-corrected chi connectivity index (χ1v) is 8.59. The number of benzene rings is 2. The average molecular weight is 416 g/mol. The van der Waals surface area contributed by atoms with Crippen molar-refractivity contribution >= 4 is 43.5 Å². The Bertz CT molecular complexity index is 937. The highest BCUT2D eigenvalue weighted by Gasteiger charge is 2.24. The van der Waals surface area contributed by atoms with Gasteiger partial charge in [-0.25, -0.2) is 0 Å². The van der Waals surface area contributed by atoms with Gasteiger partial charge in [0.2, 0.25) is 5.95 Å². The summed E-state index contributed by atoms with van der Waals surface area (Å²) in [6, 6.07) is 11.2. The van der Waals surface area contributed by atoms with Gasteiger partial charge in [-0.2, -0.15) is 16.9 Å². The Morgan fingerprint density at radius 2 is 1.81 bits per heavy atom. The molecule has 0 aliphatic rings. The molecule has 0 bridgehead atoms. The van der Waals surface area contributed by atoms with Crippen LogP contribution in [0.25, 0.3) is 10.9 Å². The van der Waals surface area contributed by atoms with Gasteiger partial charge in [0.25, 0.3) is 10.0 Å². The first kappa shape index (κ1) is 14.5. The molecule has 0 aliphatic carbocycles. The predicted molar refractivity (Wildman–Crippen MR) is 86.2 cm³/mol. The van der Waals surface area contributed by atoms with Crippen LogP contribution in [0.4, 0.5) is 4.39 Å². The Kier molecular flexibility index (Phi) is 3.48. The smallest absolute Gasteiger partial charge is 0.199 e. The van der Waals surface area contributed by atoms with Gasteiger partial charge in [0.15, 0.2) is 0 Å². The van der Waals surface area contributed by atoms with Crippen LogP contribution < -0.4 is 0 Å². The quantitative estimate of drug-likeness (QED) is 0.603. The summed E-state index contributed by atoms with van der Waals surface area (Å²) < 4.78 is 40.7. The summed E-state index contributed by atoms with van der Waals surface area (Å²) in [4.78, 5) is 0.0741. The molecule has 0 unspecified atom stereocenters. The van der Waals surface area contributed by atoms with Gasteiger partial charge in [0.05, 0.1) is 15.8 Å². The van der Waals surface area contributed by atoms with Crippen molar-refractivity contribution in [3.05, 3.63) is 57.5 Å². The fourth-order valence-corrected chi connectivity index (χ4v) is 4.05. The van der Waals surface area contributed by atoms with Crippen molar-refractivity contribution in [1.82, 2.24) is 9.19 Å². The first-order chi connectivity index (χ1) is 9.93. The molecule has 7 heteroatoms. The molecule has 2 aromatic carbocycles. The fourth-order valence-electron chi connectivity index (χ4n) is 2.08. The molecule has 1 aromatic heterocycles. The molecule has 0 spiro atoms. The first-order valence-electron chi connectivity index (χ1n) is 6.07. The van der Waals surface area contributed by atoms with Gasteiger partial charge < -0.3 is 0 Å². The van der Waals surface area contributed by atoms with Crippen molar-refractivity contribution in [2.24, 2.45) is 0 Å². The highest BCUT2D eigenvalue weighted by atomic mass is 127. The zero-order valence-electron chi connectivity index (χ0n) is 10.9. The van der Waals surface area contributed by atoms with Crippen molar-refractivity contribution in [3.63, 3.8) is 0 Å². The van der Waals surface area contributed by atoms with Crippen molar-refractivity contribution in [2.75, 3.05) is 0 Å². The van der Waals surface area contributed by atoms with Crippen LogP contribution in [0.15, 0.2) is 47.4 Å². The molecule has 4 nitrogen and oxygen atoms in total. The van der Waals surface area contributed by atoms with Gasteiger partial charge in [-0.1, -0.05) is 24.3 Å². The van der Waals surface area contributed by atoms with Gasteiger partial charge in [0, 0.05) is 3.57 Å². The Balaban J connectivity index is 2.35. The molecule has 0 aliphatic heterocycles. The molecule has 0 N–H and O–H groups in total. The summed E-state index contributed by atoms with van der Waals surface area (Å²) in [7, 11) is -3.91. The predicted octanol–water partition coefficient (Wildman–Crippen LogP) is 3.33. The van der Waals surface area contributed by atoms with E-state index in [1.165, 1.54) is 12.1 Å². The van der Waals surface area contributed by atoms with Crippen molar-refractivity contribution in [2.45, 2.75) is 11.8 Å². The van der Waals surface area contributed by atoms with E-state index in [-0.39, 0.29) is 15.8 Å². The van der Waals surface area contributed by atoms with E-state index in [2.05, 4.69) is 5.10 Å². The lowest BCUT2D eigenvalue weighted by Gasteiger charge is -2.06. The van der Waals surface area contributed by atoms with E-state index in [0.29, 0.717) is 3.57 Å². The number of nitrogens with zero attached hydrogens (tertiary/aromatic N) is 2. The van der Waals surface area contributed by atoms with Gasteiger partial charge in [-0.3, -0.25) is 0 Å². The lowest BCUT2D eigenvalue weighted by atomic mass is 10.2. The zero-order valence-corrected chi connectivity index (χ0v) is 13.9. The molecule has 0 saturated heterocycles. The van der Waals surface area contributed by atoms with Crippen LogP contribution in [-0.2, 0) is 10.0 Å². The summed E-state index contributed by atoms with van der Waals surface area (Å²) in [5.74, 6) is -0.780. The second-order valence-corrected chi connectivity index (χ2v) is 7.39. The Labute approximate surface area is 134 Å². The number of hydrogen-bond acceptors (Lipinski definition) is 3. The topological polar surface area (TPSA) is 52.0 Å². The zero-order chi connectivity index (χ0) is 15.2. The summed E-state index contributed by atoms with van der Waals surface area (Å²) >= 11 is 2.00. The molecule has 0 radical (unpaired) electrons. The Morgan fingerprint density at radius 3 is 2.48 bits per heavy atom. The third kappa shape index (κ3) is 2.24. The SMILES string of the molecule is Cc1ccc2c(c(F)nn2S(=O)(=O)c2ccccc2)c1I. The van der Waals surface area contributed by atoms with Crippen LogP contribution >= 0.6 is 22.6 Å². The molecule has 0 amide bonds. The molecule has 108 valence electrons. The number of aromatic nitrogens is 2. The molecule has 3 aromatic rings. The summed E-state index contributed by atoms with van der Waals surface area (Å²) in [6.07, 6.45) is 0. The number of rotatable bonds is 2. The average Bonchev–Trinajstić information content (AvgIpc) is 2.82. The monoisotopic (exact) mass is 416 g/mol. The largest absolute Gasteiger partial charge is 0.283 e. The van der Waals surface area contributed by atoms with Crippen LogP contribution in [0.1, 0.15) is 5.56 Å². The highest BCUT2D eigenvalue weighted by Crippen LogP contribution is 2.28. The molecule has 0 fully saturated rings. The summed E-state index contributed by atoms with van der Waals surface area (Å²) in [6.45, 7) is 1.84. The molecule has 3 rings (SSSR count). The van der Waals surface area contributed by atoms with Crippen molar-refractivity contribution < 1.29 is 12.8 Å². The van der Waals surface area contributed by atoms with Gasteiger partial charge in [-0.15, -0.1) is 5.10 Å². The maximum atomic E-state index is 14.1. The summed E-state index contributed by atoms with van der Waals surface area (Å²) in [5.41, 5.74) is 1.12.